The predicted octanol–water partition coefficient (Wildman–Crippen LogP) is 3.79. The second-order valence-electron chi connectivity index (χ2n) is 3.33. The topological polar surface area (TPSA) is 24.9 Å². The largest absolute Gasteiger partial charge is 0.317 e. The van der Waals surface area contributed by atoms with Gasteiger partial charge in [0.05, 0.1) is 19.4 Å². The van der Waals surface area contributed by atoms with E-state index in [1.807, 2.05) is 0 Å². The van der Waals surface area contributed by atoms with Crippen LogP contribution in [0.4, 0.5) is 0 Å². The van der Waals surface area contributed by atoms with Crippen molar-refractivity contribution in [3.05, 3.63) is 26.3 Å². The second kappa shape index (κ2) is 5.91. The molecule has 0 amide bonds. The molecule has 0 unspecified atom stereocenters. The first kappa shape index (κ1) is 12.2. The number of aromatic nitrogens is 1. The van der Waals surface area contributed by atoms with Crippen molar-refractivity contribution < 1.29 is 0 Å². The minimum absolute atomic E-state index is 1.01. The zero-order chi connectivity index (χ0) is 11.4. The summed E-state index contributed by atoms with van der Waals surface area (Å²) in [5, 5.41) is 6.66. The first-order valence-corrected chi connectivity index (χ1v) is 7.69. The number of hydrogen-bond donors (Lipinski definition) is 1. The van der Waals surface area contributed by atoms with E-state index in [0.717, 1.165) is 29.0 Å². The van der Waals surface area contributed by atoms with Gasteiger partial charge in [-0.05, 0) is 34.6 Å². The molecule has 86 valence electrons. The maximum absolute atomic E-state index is 4.63. The average molecular weight is 317 g/mol. The van der Waals surface area contributed by atoms with Gasteiger partial charge in [0.2, 0.25) is 0 Å². The highest BCUT2D eigenvalue weighted by Gasteiger charge is 2.06. The second-order valence-corrected chi connectivity index (χ2v) is 6.74. The first-order valence-electron chi connectivity index (χ1n) is 5.20. The zero-order valence-electron chi connectivity index (χ0n) is 9.00. The van der Waals surface area contributed by atoms with E-state index in [1.165, 1.54) is 9.88 Å². The summed E-state index contributed by atoms with van der Waals surface area (Å²) in [5.74, 6) is 0. The molecule has 2 aromatic rings. The summed E-state index contributed by atoms with van der Waals surface area (Å²) in [5.41, 5.74) is 1.10. The summed E-state index contributed by atoms with van der Waals surface area (Å²) in [6, 6.07) is 4.18. The fourth-order valence-electron chi connectivity index (χ4n) is 1.36. The third-order valence-corrected chi connectivity index (χ3v) is 4.70. The highest BCUT2D eigenvalue weighted by molar-refractivity contribution is 9.11. The molecule has 0 saturated heterocycles. The van der Waals surface area contributed by atoms with Crippen LogP contribution in [0, 0.1) is 0 Å². The summed E-state index contributed by atoms with van der Waals surface area (Å²) in [6.07, 6.45) is 1.02. The number of nitrogens with zero attached hydrogens (tertiary/aromatic N) is 1. The lowest BCUT2D eigenvalue weighted by molar-refractivity contribution is 0.715. The highest BCUT2D eigenvalue weighted by atomic mass is 79.9. The summed E-state index contributed by atoms with van der Waals surface area (Å²) in [4.78, 5) is 5.87. The number of thiophene rings is 1. The Kier molecular flexibility index (Phi) is 4.52. The molecule has 2 aromatic heterocycles. The van der Waals surface area contributed by atoms with Crippen LogP contribution < -0.4 is 5.32 Å². The number of rotatable bonds is 5. The Balaban J connectivity index is 2.02. The number of nitrogens with one attached hydrogen (secondary N) is 1. The van der Waals surface area contributed by atoms with Crippen LogP contribution in [0.15, 0.2) is 21.3 Å². The Bertz CT molecular complexity index is 450. The van der Waals surface area contributed by atoms with E-state index in [0.29, 0.717) is 0 Å². The quantitative estimate of drug-likeness (QED) is 0.849. The van der Waals surface area contributed by atoms with Crippen LogP contribution in [0.1, 0.15) is 11.9 Å². The van der Waals surface area contributed by atoms with Crippen molar-refractivity contribution >= 4 is 38.6 Å². The minimum atomic E-state index is 1.01. The molecule has 0 aliphatic carbocycles. The Morgan fingerprint density at radius 2 is 2.31 bits per heavy atom. The Morgan fingerprint density at radius 3 is 3.00 bits per heavy atom. The van der Waals surface area contributed by atoms with Crippen molar-refractivity contribution in [2.75, 3.05) is 13.1 Å². The Morgan fingerprint density at radius 1 is 1.44 bits per heavy atom. The fraction of sp³-hybridized carbons (Fsp3) is 0.364. The van der Waals surface area contributed by atoms with Crippen molar-refractivity contribution in [1.82, 2.24) is 10.3 Å². The van der Waals surface area contributed by atoms with Crippen LogP contribution in [0.25, 0.3) is 10.6 Å². The molecule has 0 fully saturated rings. The van der Waals surface area contributed by atoms with Crippen molar-refractivity contribution in [1.29, 1.82) is 0 Å². The van der Waals surface area contributed by atoms with E-state index in [1.54, 1.807) is 22.7 Å². The molecule has 0 aromatic carbocycles. The van der Waals surface area contributed by atoms with Gasteiger partial charge in [-0.1, -0.05) is 6.92 Å². The molecule has 0 spiro atoms. The van der Waals surface area contributed by atoms with Gasteiger partial charge in [-0.25, -0.2) is 4.98 Å². The smallest absolute Gasteiger partial charge is 0.0945 e. The Labute approximate surface area is 112 Å². The maximum Gasteiger partial charge on any atom is 0.0945 e. The molecular weight excluding hydrogens is 304 g/mol. The van der Waals surface area contributed by atoms with E-state index in [2.05, 4.69) is 50.7 Å². The van der Waals surface area contributed by atoms with E-state index in [-0.39, 0.29) is 0 Å². The van der Waals surface area contributed by atoms with Gasteiger partial charge in [0.25, 0.3) is 0 Å². The van der Waals surface area contributed by atoms with E-state index in [4.69, 9.17) is 0 Å². The van der Waals surface area contributed by atoms with Crippen molar-refractivity contribution in [3.63, 3.8) is 0 Å². The lowest BCUT2D eigenvalue weighted by Gasteiger charge is -1.96. The van der Waals surface area contributed by atoms with E-state index >= 15 is 0 Å². The molecule has 0 aliphatic rings. The molecule has 1 N–H and O–H groups in total. The number of likely N-dealkylation sites (N-methyl/N-ethyl adjacent to an activating group) is 1. The first-order chi connectivity index (χ1) is 7.79. The Hall–Kier alpha value is -0.230. The molecule has 2 nitrogen and oxygen atoms in total. The molecule has 0 aliphatic heterocycles. The standard InChI is InChI=1S/C11H13BrN2S2/c1-2-13-6-5-11-14-8(7-15-11)9-3-4-10(12)16-9/h3-4,7,13H,2,5-6H2,1H3. The summed E-state index contributed by atoms with van der Waals surface area (Å²) < 4.78 is 1.16. The van der Waals surface area contributed by atoms with Crippen molar-refractivity contribution in [2.24, 2.45) is 0 Å². The zero-order valence-corrected chi connectivity index (χ0v) is 12.2. The summed E-state index contributed by atoms with van der Waals surface area (Å²) in [7, 11) is 0. The van der Waals surface area contributed by atoms with Crippen molar-refractivity contribution in [2.45, 2.75) is 13.3 Å². The fourth-order valence-corrected chi connectivity index (χ4v) is 3.58. The monoisotopic (exact) mass is 316 g/mol. The molecule has 0 bridgehead atoms. The van der Waals surface area contributed by atoms with Crippen LogP contribution in [0.2, 0.25) is 0 Å². The van der Waals surface area contributed by atoms with Gasteiger partial charge in [-0.3, -0.25) is 0 Å². The molecule has 0 saturated carbocycles. The number of halogens is 1. The number of thiazole rings is 1. The molecular formula is C11H13BrN2S2. The van der Waals surface area contributed by atoms with Gasteiger partial charge < -0.3 is 5.32 Å². The number of hydrogen-bond acceptors (Lipinski definition) is 4. The third kappa shape index (κ3) is 3.13. The van der Waals surface area contributed by atoms with Gasteiger partial charge in [0, 0.05) is 18.3 Å². The molecule has 0 atom stereocenters. The average Bonchev–Trinajstić information content (AvgIpc) is 2.87. The molecule has 2 rings (SSSR count). The molecule has 2 heterocycles. The maximum atomic E-state index is 4.63. The summed E-state index contributed by atoms with van der Waals surface area (Å²) in [6.45, 7) is 4.16. The van der Waals surface area contributed by atoms with Gasteiger partial charge >= 0.3 is 0 Å². The van der Waals surface area contributed by atoms with Crippen LogP contribution >= 0.6 is 38.6 Å². The highest BCUT2D eigenvalue weighted by Crippen LogP contribution is 2.31. The van der Waals surface area contributed by atoms with Gasteiger partial charge in [0.15, 0.2) is 0 Å². The van der Waals surface area contributed by atoms with Gasteiger partial charge in [-0.2, -0.15) is 0 Å². The molecule has 0 radical (unpaired) electrons. The third-order valence-electron chi connectivity index (χ3n) is 2.14. The van der Waals surface area contributed by atoms with Gasteiger partial charge in [0.1, 0.15) is 0 Å². The van der Waals surface area contributed by atoms with E-state index in [9.17, 15) is 0 Å². The molecule has 5 heteroatoms. The van der Waals surface area contributed by atoms with Crippen LogP contribution in [0.3, 0.4) is 0 Å². The summed E-state index contributed by atoms with van der Waals surface area (Å²) >= 11 is 6.94. The lowest BCUT2D eigenvalue weighted by Crippen LogP contribution is -2.15. The molecule has 16 heavy (non-hydrogen) atoms. The van der Waals surface area contributed by atoms with Gasteiger partial charge in [-0.15, -0.1) is 22.7 Å². The minimum Gasteiger partial charge on any atom is -0.317 e. The van der Waals surface area contributed by atoms with Crippen LogP contribution in [-0.4, -0.2) is 18.1 Å². The lowest BCUT2D eigenvalue weighted by atomic mass is 10.4. The normalized spacial score (nSPS) is 10.9. The SMILES string of the molecule is CCNCCc1nc(-c2ccc(Br)s2)cs1. The van der Waals surface area contributed by atoms with Crippen molar-refractivity contribution in [3.8, 4) is 10.6 Å². The predicted molar refractivity (Wildman–Crippen MR) is 75.4 cm³/mol. The van der Waals surface area contributed by atoms with Crippen LogP contribution in [0.5, 0.6) is 0 Å². The van der Waals surface area contributed by atoms with E-state index < -0.39 is 0 Å². The van der Waals surface area contributed by atoms with Crippen LogP contribution in [-0.2, 0) is 6.42 Å².